The van der Waals surface area contributed by atoms with Gasteiger partial charge in [0, 0.05) is 11.9 Å². The quantitative estimate of drug-likeness (QED) is 0.381. The van der Waals surface area contributed by atoms with Crippen LogP contribution in [0.2, 0.25) is 0 Å². The summed E-state index contributed by atoms with van der Waals surface area (Å²) in [6.45, 7) is 1.84. The van der Waals surface area contributed by atoms with Crippen LogP contribution in [-0.4, -0.2) is 15.3 Å². The predicted octanol–water partition coefficient (Wildman–Crippen LogP) is 4.34. The molecule has 2 aromatic heterocycles. The molecule has 0 aliphatic heterocycles. The molecular weight excluding hydrogens is 404 g/mol. The summed E-state index contributed by atoms with van der Waals surface area (Å²) >= 11 is 0. The van der Waals surface area contributed by atoms with Gasteiger partial charge in [-0.05, 0) is 48.9 Å². The largest absolute Gasteiger partial charge is 0.438 e. The highest BCUT2D eigenvalue weighted by Gasteiger charge is 2.17. The fraction of sp³-hybridized carbons (Fsp3) is 0.0400. The summed E-state index contributed by atoms with van der Waals surface area (Å²) in [5.41, 5.74) is 1.09. The number of fused-ring (bicyclic) bond motifs is 1. The Morgan fingerprint density at radius 3 is 2.53 bits per heavy atom. The maximum Gasteiger partial charge on any atom is 0.269 e. The Kier molecular flexibility index (Phi) is 5.77. The van der Waals surface area contributed by atoms with Gasteiger partial charge in [-0.1, -0.05) is 42.5 Å². The zero-order valence-corrected chi connectivity index (χ0v) is 17.1. The van der Waals surface area contributed by atoms with Crippen molar-refractivity contribution in [1.29, 1.82) is 5.26 Å². The van der Waals surface area contributed by atoms with Crippen LogP contribution >= 0.6 is 0 Å². The molecule has 0 aliphatic carbocycles. The molecule has 0 unspecified atom stereocenters. The number of rotatable bonds is 5. The van der Waals surface area contributed by atoms with Crippen molar-refractivity contribution in [3.63, 3.8) is 0 Å². The first kappa shape index (κ1) is 20.6. The molecule has 7 nitrogen and oxygen atoms in total. The van der Waals surface area contributed by atoms with E-state index in [0.29, 0.717) is 17.1 Å². The van der Waals surface area contributed by atoms with Crippen LogP contribution in [-0.2, 0) is 4.79 Å². The van der Waals surface area contributed by atoms with Gasteiger partial charge in [0.15, 0.2) is 0 Å². The number of aromatic nitrogens is 2. The minimum Gasteiger partial charge on any atom is -0.438 e. The van der Waals surface area contributed by atoms with E-state index in [4.69, 9.17) is 4.74 Å². The number of nitriles is 1. The van der Waals surface area contributed by atoms with E-state index in [-0.39, 0.29) is 17.0 Å². The number of benzene rings is 2. The Bertz CT molecular complexity index is 1430. The van der Waals surface area contributed by atoms with Crippen LogP contribution in [0.4, 0.5) is 5.69 Å². The van der Waals surface area contributed by atoms with Crippen LogP contribution < -0.4 is 15.6 Å². The summed E-state index contributed by atoms with van der Waals surface area (Å²) in [6.07, 6.45) is 2.77. The van der Waals surface area contributed by atoms with Crippen molar-refractivity contribution in [2.24, 2.45) is 0 Å². The molecule has 0 atom stereocenters. The van der Waals surface area contributed by atoms with Crippen molar-refractivity contribution in [2.45, 2.75) is 6.92 Å². The number of anilines is 1. The fourth-order valence-corrected chi connectivity index (χ4v) is 3.08. The number of aryl methyl sites for hydroxylation is 1. The number of ether oxygens (including phenoxy) is 1. The molecule has 4 aromatic rings. The normalized spacial score (nSPS) is 11.1. The van der Waals surface area contributed by atoms with Crippen molar-refractivity contribution in [3.05, 3.63) is 106 Å². The first-order chi connectivity index (χ1) is 15.6. The Morgan fingerprint density at radius 2 is 1.78 bits per heavy atom. The van der Waals surface area contributed by atoms with E-state index in [1.807, 2.05) is 31.2 Å². The van der Waals surface area contributed by atoms with Gasteiger partial charge in [-0.3, -0.25) is 14.0 Å². The second-order valence-corrected chi connectivity index (χ2v) is 6.92. The van der Waals surface area contributed by atoms with Crippen LogP contribution in [0.25, 0.3) is 11.7 Å². The third-order valence-electron chi connectivity index (χ3n) is 4.74. The molecule has 1 N–H and O–H groups in total. The number of nitrogens with zero attached hydrogens (tertiary/aromatic N) is 3. The minimum absolute atomic E-state index is 0.00356. The van der Waals surface area contributed by atoms with Crippen LogP contribution in [0.5, 0.6) is 11.6 Å². The molecule has 0 fully saturated rings. The molecule has 0 spiro atoms. The summed E-state index contributed by atoms with van der Waals surface area (Å²) in [5, 5.41) is 12.3. The van der Waals surface area contributed by atoms with Crippen molar-refractivity contribution in [1.82, 2.24) is 9.38 Å². The molecule has 0 saturated heterocycles. The van der Waals surface area contributed by atoms with E-state index in [9.17, 15) is 14.9 Å². The van der Waals surface area contributed by atoms with Gasteiger partial charge in [-0.2, -0.15) is 10.2 Å². The minimum atomic E-state index is -0.634. The molecule has 0 aliphatic rings. The number of hydrogen-bond acceptors (Lipinski definition) is 5. The SMILES string of the molecule is Cc1ccccc1NC(=O)/C(C#N)=C\c1c(Oc2ccccc2)nc2ccccn2c1=O. The van der Waals surface area contributed by atoms with Crippen molar-refractivity contribution in [2.75, 3.05) is 5.32 Å². The summed E-state index contributed by atoms with van der Waals surface area (Å²) in [4.78, 5) is 30.4. The van der Waals surface area contributed by atoms with Crippen molar-refractivity contribution in [3.8, 4) is 17.7 Å². The number of amides is 1. The maximum absolute atomic E-state index is 13.2. The van der Waals surface area contributed by atoms with Gasteiger partial charge in [-0.25, -0.2) is 0 Å². The summed E-state index contributed by atoms with van der Waals surface area (Å²) < 4.78 is 7.18. The van der Waals surface area contributed by atoms with E-state index >= 15 is 0 Å². The first-order valence-electron chi connectivity index (χ1n) is 9.80. The number of pyridine rings is 1. The lowest BCUT2D eigenvalue weighted by Crippen LogP contribution is -2.20. The first-order valence-corrected chi connectivity index (χ1v) is 9.80. The van der Waals surface area contributed by atoms with Crippen LogP contribution in [0.15, 0.2) is 89.4 Å². The summed E-state index contributed by atoms with van der Waals surface area (Å²) in [5.74, 6) is -0.161. The molecule has 7 heteroatoms. The predicted molar refractivity (Wildman–Crippen MR) is 121 cm³/mol. The third-order valence-corrected chi connectivity index (χ3v) is 4.74. The van der Waals surface area contributed by atoms with Gasteiger partial charge in [-0.15, -0.1) is 0 Å². The molecule has 0 saturated carbocycles. The van der Waals surface area contributed by atoms with Gasteiger partial charge in [0.05, 0.1) is 0 Å². The van der Waals surface area contributed by atoms with Gasteiger partial charge in [0.25, 0.3) is 11.5 Å². The van der Waals surface area contributed by atoms with Gasteiger partial charge >= 0.3 is 0 Å². The van der Waals surface area contributed by atoms with Crippen LogP contribution in [0, 0.1) is 18.3 Å². The third kappa shape index (κ3) is 4.25. The highest BCUT2D eigenvalue weighted by molar-refractivity contribution is 6.10. The number of para-hydroxylation sites is 2. The Balaban J connectivity index is 1.81. The van der Waals surface area contributed by atoms with E-state index in [2.05, 4.69) is 10.3 Å². The molecule has 1 amide bonds. The molecule has 156 valence electrons. The van der Waals surface area contributed by atoms with E-state index in [1.54, 1.807) is 60.8 Å². The van der Waals surface area contributed by atoms with Crippen LogP contribution in [0.1, 0.15) is 11.1 Å². The molecule has 0 bridgehead atoms. The Morgan fingerprint density at radius 1 is 1.06 bits per heavy atom. The molecule has 4 rings (SSSR count). The molecular formula is C25H18N4O3. The Hall–Kier alpha value is -4.70. The number of carbonyl (C=O) groups excluding carboxylic acids is 1. The molecule has 2 heterocycles. The fourth-order valence-electron chi connectivity index (χ4n) is 3.08. The topological polar surface area (TPSA) is 96.5 Å². The van der Waals surface area contributed by atoms with Gasteiger partial charge in [0.1, 0.15) is 28.6 Å². The van der Waals surface area contributed by atoms with E-state index < -0.39 is 11.5 Å². The Labute approximate surface area is 183 Å². The highest BCUT2D eigenvalue weighted by Crippen LogP contribution is 2.24. The summed E-state index contributed by atoms with van der Waals surface area (Å²) in [6, 6.07) is 23.0. The lowest BCUT2D eigenvalue weighted by molar-refractivity contribution is -0.112. The average molecular weight is 422 g/mol. The van der Waals surface area contributed by atoms with Crippen LogP contribution in [0.3, 0.4) is 0 Å². The lowest BCUT2D eigenvalue weighted by atomic mass is 10.1. The zero-order chi connectivity index (χ0) is 22.5. The summed E-state index contributed by atoms with van der Waals surface area (Å²) in [7, 11) is 0. The van der Waals surface area contributed by atoms with E-state index in [0.717, 1.165) is 5.56 Å². The monoisotopic (exact) mass is 422 g/mol. The van der Waals surface area contributed by atoms with E-state index in [1.165, 1.54) is 10.5 Å². The van der Waals surface area contributed by atoms with Crippen molar-refractivity contribution < 1.29 is 9.53 Å². The standard InChI is InChI=1S/C25H18N4O3/c1-17-9-5-6-12-21(17)27-23(30)18(16-26)15-20-24(32-19-10-3-2-4-11-19)28-22-13-7-8-14-29(22)25(20)31/h2-15H,1H3,(H,27,30)/b18-15-. The molecule has 0 radical (unpaired) electrons. The lowest BCUT2D eigenvalue weighted by Gasteiger charge is -2.11. The number of hydrogen-bond donors (Lipinski definition) is 1. The smallest absolute Gasteiger partial charge is 0.269 e. The second-order valence-electron chi connectivity index (χ2n) is 6.92. The number of carbonyl (C=O) groups is 1. The maximum atomic E-state index is 13.2. The molecule has 2 aromatic carbocycles. The second kappa shape index (κ2) is 8.98. The average Bonchev–Trinajstić information content (AvgIpc) is 2.81. The highest BCUT2D eigenvalue weighted by atomic mass is 16.5. The zero-order valence-electron chi connectivity index (χ0n) is 17.1. The molecule has 32 heavy (non-hydrogen) atoms. The number of nitrogens with one attached hydrogen (secondary N) is 1. The van der Waals surface area contributed by atoms with Crippen molar-refractivity contribution >= 4 is 23.3 Å². The van der Waals surface area contributed by atoms with Gasteiger partial charge in [0.2, 0.25) is 5.88 Å². The van der Waals surface area contributed by atoms with Gasteiger partial charge < -0.3 is 10.1 Å².